The van der Waals surface area contributed by atoms with Crippen molar-refractivity contribution in [2.24, 2.45) is 0 Å². The van der Waals surface area contributed by atoms with Crippen molar-refractivity contribution in [3.8, 4) is 16.9 Å². The number of rotatable bonds is 1. The van der Waals surface area contributed by atoms with Crippen LogP contribution in [-0.4, -0.2) is 25.1 Å². The van der Waals surface area contributed by atoms with Crippen LogP contribution in [-0.2, 0) is 6.54 Å². The molecule has 4 nitrogen and oxygen atoms in total. The van der Waals surface area contributed by atoms with E-state index in [0.717, 1.165) is 36.6 Å². The molecule has 1 aliphatic rings. The largest absolute Gasteiger partial charge is 0.492 e. The summed E-state index contributed by atoms with van der Waals surface area (Å²) < 4.78 is 5.77. The lowest BCUT2D eigenvalue weighted by atomic mass is 10.0. The molecule has 2 aromatic rings. The molecule has 20 heavy (non-hydrogen) atoms. The van der Waals surface area contributed by atoms with E-state index in [1.807, 2.05) is 24.3 Å². The van der Waals surface area contributed by atoms with Gasteiger partial charge in [0.2, 0.25) is 0 Å². The fourth-order valence-corrected chi connectivity index (χ4v) is 2.46. The van der Waals surface area contributed by atoms with E-state index in [1.165, 1.54) is 5.56 Å². The molecule has 0 atom stereocenters. The van der Waals surface area contributed by atoms with Crippen molar-refractivity contribution in [1.82, 2.24) is 4.90 Å². The predicted octanol–water partition coefficient (Wildman–Crippen LogP) is 2.34. The summed E-state index contributed by atoms with van der Waals surface area (Å²) in [6.07, 6.45) is 0. The maximum Gasteiger partial charge on any atom is 0.123 e. The van der Waals surface area contributed by atoms with Gasteiger partial charge in [0, 0.05) is 18.7 Å². The van der Waals surface area contributed by atoms with E-state index < -0.39 is 0 Å². The number of benzene rings is 2. The van der Waals surface area contributed by atoms with Crippen molar-refractivity contribution in [2.45, 2.75) is 6.54 Å². The van der Waals surface area contributed by atoms with Crippen LogP contribution in [0.1, 0.15) is 5.56 Å². The van der Waals surface area contributed by atoms with Crippen LogP contribution in [0.2, 0.25) is 0 Å². The Hall–Kier alpha value is -2.20. The van der Waals surface area contributed by atoms with E-state index >= 15 is 0 Å². The zero-order valence-corrected chi connectivity index (χ0v) is 11.6. The van der Waals surface area contributed by atoms with Gasteiger partial charge in [-0.3, -0.25) is 4.90 Å². The number of hydrogen-bond acceptors (Lipinski definition) is 4. The summed E-state index contributed by atoms with van der Waals surface area (Å²) in [7, 11) is 2.10. The van der Waals surface area contributed by atoms with Crippen LogP contribution in [0.3, 0.4) is 0 Å². The number of ether oxygens (including phenoxy) is 1. The summed E-state index contributed by atoms with van der Waals surface area (Å²) >= 11 is 0. The van der Waals surface area contributed by atoms with Crippen molar-refractivity contribution < 1.29 is 4.74 Å². The first-order valence-corrected chi connectivity index (χ1v) is 6.73. The maximum atomic E-state index is 5.88. The fraction of sp³-hybridized carbons (Fsp3) is 0.250. The molecular weight excluding hydrogens is 250 g/mol. The third-order valence-corrected chi connectivity index (χ3v) is 3.65. The molecule has 4 heteroatoms. The first kappa shape index (κ1) is 12.8. The average Bonchev–Trinajstić information content (AvgIpc) is 2.61. The van der Waals surface area contributed by atoms with Crippen LogP contribution in [0.5, 0.6) is 5.75 Å². The normalized spacial score (nSPS) is 15.2. The standard InChI is InChI=1S/C16H19N3O/c1-19-6-7-20-16-5-3-11(8-13(16)10-19)12-2-4-14(17)15(18)9-12/h2-5,8-9H,6-7,10,17-18H2,1H3. The van der Waals surface area contributed by atoms with Crippen LogP contribution in [0.15, 0.2) is 36.4 Å². The SMILES string of the molecule is CN1CCOc2ccc(-c3ccc(N)c(N)c3)cc2C1. The Bertz CT molecular complexity index is 640. The molecule has 0 saturated carbocycles. The summed E-state index contributed by atoms with van der Waals surface area (Å²) in [4.78, 5) is 2.26. The number of nitrogens with zero attached hydrogens (tertiary/aromatic N) is 1. The van der Waals surface area contributed by atoms with Crippen molar-refractivity contribution >= 4 is 11.4 Å². The van der Waals surface area contributed by atoms with Gasteiger partial charge in [0.25, 0.3) is 0 Å². The van der Waals surface area contributed by atoms with Gasteiger partial charge < -0.3 is 16.2 Å². The van der Waals surface area contributed by atoms with Gasteiger partial charge in [-0.15, -0.1) is 0 Å². The lowest BCUT2D eigenvalue weighted by Crippen LogP contribution is -2.20. The molecule has 4 N–H and O–H groups in total. The fourth-order valence-electron chi connectivity index (χ4n) is 2.46. The summed E-state index contributed by atoms with van der Waals surface area (Å²) in [6.45, 7) is 2.57. The predicted molar refractivity (Wildman–Crippen MR) is 82.5 cm³/mol. The molecule has 0 spiro atoms. The number of nitrogens with two attached hydrogens (primary N) is 2. The Balaban J connectivity index is 2.01. The summed E-state index contributed by atoms with van der Waals surface area (Å²) in [5, 5.41) is 0. The van der Waals surface area contributed by atoms with Crippen molar-refractivity contribution in [3.63, 3.8) is 0 Å². The van der Waals surface area contributed by atoms with Gasteiger partial charge in [-0.2, -0.15) is 0 Å². The highest BCUT2D eigenvalue weighted by atomic mass is 16.5. The van der Waals surface area contributed by atoms with E-state index in [-0.39, 0.29) is 0 Å². The second kappa shape index (κ2) is 5.06. The molecule has 1 heterocycles. The number of anilines is 2. The highest BCUT2D eigenvalue weighted by Gasteiger charge is 2.13. The van der Waals surface area contributed by atoms with Crippen molar-refractivity contribution in [1.29, 1.82) is 0 Å². The third-order valence-electron chi connectivity index (χ3n) is 3.65. The van der Waals surface area contributed by atoms with E-state index in [0.29, 0.717) is 11.4 Å². The summed E-state index contributed by atoms with van der Waals surface area (Å²) in [5.74, 6) is 0.974. The van der Waals surface area contributed by atoms with E-state index in [1.54, 1.807) is 0 Å². The zero-order valence-electron chi connectivity index (χ0n) is 11.6. The summed E-state index contributed by atoms with van der Waals surface area (Å²) in [6, 6.07) is 12.0. The third kappa shape index (κ3) is 2.42. The maximum absolute atomic E-state index is 5.88. The number of fused-ring (bicyclic) bond motifs is 1. The monoisotopic (exact) mass is 269 g/mol. The van der Waals surface area contributed by atoms with Gasteiger partial charge in [-0.25, -0.2) is 0 Å². The van der Waals surface area contributed by atoms with E-state index in [4.69, 9.17) is 16.2 Å². The van der Waals surface area contributed by atoms with Gasteiger partial charge in [0.1, 0.15) is 12.4 Å². The number of nitrogen functional groups attached to an aromatic ring is 2. The number of hydrogen-bond donors (Lipinski definition) is 2. The highest BCUT2D eigenvalue weighted by Crippen LogP contribution is 2.30. The Kier molecular flexibility index (Phi) is 3.24. The second-order valence-electron chi connectivity index (χ2n) is 5.25. The molecule has 104 valence electrons. The smallest absolute Gasteiger partial charge is 0.123 e. The van der Waals surface area contributed by atoms with Crippen LogP contribution in [0, 0.1) is 0 Å². The zero-order chi connectivity index (χ0) is 14.1. The van der Waals surface area contributed by atoms with Gasteiger partial charge in [-0.1, -0.05) is 12.1 Å². The molecule has 2 aromatic carbocycles. The minimum atomic E-state index is 0.616. The summed E-state index contributed by atoms with van der Waals surface area (Å²) in [5.41, 5.74) is 16.3. The van der Waals surface area contributed by atoms with Crippen molar-refractivity contribution in [2.75, 3.05) is 31.7 Å². The highest BCUT2D eigenvalue weighted by molar-refractivity contribution is 5.75. The molecule has 0 fully saturated rings. The quantitative estimate of drug-likeness (QED) is 0.780. The molecule has 0 aliphatic carbocycles. The minimum absolute atomic E-state index is 0.616. The molecule has 0 aromatic heterocycles. The van der Waals surface area contributed by atoms with Gasteiger partial charge >= 0.3 is 0 Å². The molecule has 0 bridgehead atoms. The Morgan fingerprint density at radius 2 is 1.75 bits per heavy atom. The molecule has 3 rings (SSSR count). The molecule has 0 saturated heterocycles. The topological polar surface area (TPSA) is 64.5 Å². The Labute approximate surface area is 118 Å². The van der Waals surface area contributed by atoms with Crippen LogP contribution >= 0.6 is 0 Å². The molecule has 0 radical (unpaired) electrons. The Morgan fingerprint density at radius 3 is 2.55 bits per heavy atom. The minimum Gasteiger partial charge on any atom is -0.492 e. The lowest BCUT2D eigenvalue weighted by molar-refractivity contribution is 0.259. The van der Waals surface area contributed by atoms with Crippen LogP contribution in [0.25, 0.3) is 11.1 Å². The first-order valence-electron chi connectivity index (χ1n) is 6.73. The molecular formula is C16H19N3O. The lowest BCUT2D eigenvalue weighted by Gasteiger charge is -2.13. The van der Waals surface area contributed by atoms with E-state index in [2.05, 4.69) is 24.1 Å². The molecule has 0 unspecified atom stereocenters. The van der Waals surface area contributed by atoms with Gasteiger partial charge in [0.15, 0.2) is 0 Å². The molecule has 0 amide bonds. The van der Waals surface area contributed by atoms with Crippen LogP contribution < -0.4 is 16.2 Å². The Morgan fingerprint density at radius 1 is 1.00 bits per heavy atom. The number of likely N-dealkylation sites (N-methyl/N-ethyl adjacent to an activating group) is 1. The average molecular weight is 269 g/mol. The second-order valence-corrected chi connectivity index (χ2v) is 5.25. The van der Waals surface area contributed by atoms with Gasteiger partial charge in [-0.05, 0) is 42.4 Å². The molecule has 1 aliphatic heterocycles. The first-order chi connectivity index (χ1) is 9.63. The van der Waals surface area contributed by atoms with Crippen LogP contribution in [0.4, 0.5) is 11.4 Å². The van der Waals surface area contributed by atoms with Gasteiger partial charge in [0.05, 0.1) is 11.4 Å². The van der Waals surface area contributed by atoms with E-state index in [9.17, 15) is 0 Å². The van der Waals surface area contributed by atoms with Crippen molar-refractivity contribution in [3.05, 3.63) is 42.0 Å².